The van der Waals surface area contributed by atoms with Crippen molar-refractivity contribution < 1.29 is 21.6 Å². The predicted octanol–water partition coefficient (Wildman–Crippen LogP) is 2.80. The van der Waals surface area contributed by atoms with Crippen LogP contribution in [0, 0.1) is 0 Å². The Morgan fingerprint density at radius 2 is 1.87 bits per heavy atom. The summed E-state index contributed by atoms with van der Waals surface area (Å²) in [6, 6.07) is 5.45. The highest BCUT2D eigenvalue weighted by atomic mass is 35.5. The van der Waals surface area contributed by atoms with Gasteiger partial charge in [-0.15, -0.1) is 0 Å². The van der Waals surface area contributed by atoms with Gasteiger partial charge in [-0.3, -0.25) is 0 Å². The van der Waals surface area contributed by atoms with Gasteiger partial charge in [0.05, 0.1) is 5.69 Å². The second-order valence-electron chi connectivity index (χ2n) is 4.23. The van der Waals surface area contributed by atoms with Gasteiger partial charge in [-0.2, -0.15) is 18.2 Å². The molecule has 6 nitrogen and oxygen atoms in total. The van der Waals surface area contributed by atoms with Crippen LogP contribution >= 0.6 is 11.6 Å². The normalized spacial score (nSPS) is 12.2. The quantitative estimate of drug-likeness (QED) is 0.813. The molecule has 0 unspecified atom stereocenters. The first-order valence-electron chi connectivity index (χ1n) is 6.04. The van der Waals surface area contributed by atoms with Gasteiger partial charge in [0.15, 0.2) is 0 Å². The molecule has 0 aliphatic rings. The Labute approximate surface area is 134 Å². The Morgan fingerprint density at radius 3 is 2.48 bits per heavy atom. The molecule has 1 heterocycles. The van der Waals surface area contributed by atoms with Gasteiger partial charge >= 0.3 is 6.18 Å². The summed E-state index contributed by atoms with van der Waals surface area (Å²) in [5.74, 6) is -0.642. The Kier molecular flexibility index (Phi) is 4.78. The van der Waals surface area contributed by atoms with Gasteiger partial charge in [0, 0.05) is 6.20 Å². The number of hydrogen-bond donors (Lipinski definition) is 2. The second kappa shape index (κ2) is 6.30. The van der Waals surface area contributed by atoms with Gasteiger partial charge in [0.2, 0.25) is 15.3 Å². The van der Waals surface area contributed by atoms with Gasteiger partial charge in [-0.05, 0) is 30.8 Å². The molecular weight excluding hydrogens is 357 g/mol. The lowest BCUT2D eigenvalue weighted by Crippen LogP contribution is -2.20. The number of anilines is 2. The SMILES string of the molecule is CNS(=O)(=O)c1ccccc1Nc1nc(Cl)ncc1C(F)(F)F. The van der Waals surface area contributed by atoms with Gasteiger partial charge in [-0.25, -0.2) is 18.1 Å². The van der Waals surface area contributed by atoms with Crippen LogP contribution in [0.4, 0.5) is 24.7 Å². The Bertz CT molecular complexity index is 827. The van der Waals surface area contributed by atoms with Crippen LogP contribution in [0.3, 0.4) is 0 Å². The smallest absolute Gasteiger partial charge is 0.338 e. The van der Waals surface area contributed by atoms with Crippen LogP contribution in [-0.4, -0.2) is 25.4 Å². The average molecular weight is 367 g/mol. The number of nitrogens with one attached hydrogen (secondary N) is 2. The van der Waals surface area contributed by atoms with Crippen molar-refractivity contribution in [3.05, 3.63) is 41.3 Å². The molecule has 0 radical (unpaired) electrons. The van der Waals surface area contributed by atoms with E-state index >= 15 is 0 Å². The third kappa shape index (κ3) is 3.89. The molecule has 0 bridgehead atoms. The summed E-state index contributed by atoms with van der Waals surface area (Å²) in [4.78, 5) is 6.56. The van der Waals surface area contributed by atoms with E-state index in [2.05, 4.69) is 20.0 Å². The van der Waals surface area contributed by atoms with Crippen LogP contribution in [0.15, 0.2) is 35.4 Å². The third-order valence-electron chi connectivity index (χ3n) is 2.76. The molecule has 1 aromatic carbocycles. The molecule has 0 saturated carbocycles. The lowest BCUT2D eigenvalue weighted by Gasteiger charge is -2.15. The third-order valence-corrected chi connectivity index (χ3v) is 4.42. The molecule has 0 fully saturated rings. The number of para-hydroxylation sites is 1. The topological polar surface area (TPSA) is 84.0 Å². The maximum Gasteiger partial charge on any atom is 0.421 e. The van der Waals surface area contributed by atoms with Gasteiger partial charge in [0.25, 0.3) is 0 Å². The highest BCUT2D eigenvalue weighted by Gasteiger charge is 2.35. The Morgan fingerprint density at radius 1 is 1.22 bits per heavy atom. The average Bonchev–Trinajstić information content (AvgIpc) is 2.46. The highest BCUT2D eigenvalue weighted by molar-refractivity contribution is 7.89. The summed E-state index contributed by atoms with van der Waals surface area (Å²) in [7, 11) is -2.69. The van der Waals surface area contributed by atoms with Gasteiger partial charge in [0.1, 0.15) is 16.3 Å². The Hall–Kier alpha value is -1.91. The number of benzene rings is 1. The van der Waals surface area contributed by atoms with Crippen LogP contribution in [0.25, 0.3) is 0 Å². The van der Waals surface area contributed by atoms with Gasteiger partial charge in [-0.1, -0.05) is 12.1 Å². The van der Waals surface area contributed by atoms with Crippen molar-refractivity contribution in [2.75, 3.05) is 12.4 Å². The molecule has 11 heteroatoms. The summed E-state index contributed by atoms with van der Waals surface area (Å²) in [6.45, 7) is 0. The lowest BCUT2D eigenvalue weighted by molar-refractivity contribution is -0.137. The van der Waals surface area contributed by atoms with Crippen molar-refractivity contribution in [3.8, 4) is 0 Å². The van der Waals surface area contributed by atoms with Crippen LogP contribution in [0.2, 0.25) is 5.28 Å². The van der Waals surface area contributed by atoms with E-state index in [1.165, 1.54) is 31.3 Å². The minimum Gasteiger partial charge on any atom is -0.338 e. The van der Waals surface area contributed by atoms with Crippen molar-refractivity contribution in [1.29, 1.82) is 0 Å². The fourth-order valence-electron chi connectivity index (χ4n) is 1.70. The lowest BCUT2D eigenvalue weighted by atomic mass is 10.2. The summed E-state index contributed by atoms with van der Waals surface area (Å²) in [5.41, 5.74) is -1.25. The first-order valence-corrected chi connectivity index (χ1v) is 7.90. The number of hydrogen-bond acceptors (Lipinski definition) is 5. The van der Waals surface area contributed by atoms with Crippen molar-refractivity contribution in [1.82, 2.24) is 14.7 Å². The second-order valence-corrected chi connectivity index (χ2v) is 6.42. The summed E-state index contributed by atoms with van der Waals surface area (Å²) >= 11 is 5.53. The van der Waals surface area contributed by atoms with E-state index in [-0.39, 0.29) is 10.6 Å². The van der Waals surface area contributed by atoms with Gasteiger partial charge < -0.3 is 5.32 Å². The molecule has 23 heavy (non-hydrogen) atoms. The zero-order valence-corrected chi connectivity index (χ0v) is 13.1. The fraction of sp³-hybridized carbons (Fsp3) is 0.167. The summed E-state index contributed by atoms with van der Waals surface area (Å²) in [6.07, 6.45) is -4.21. The summed E-state index contributed by atoms with van der Waals surface area (Å²) in [5, 5.41) is 1.95. The molecule has 0 amide bonds. The monoisotopic (exact) mass is 366 g/mol. The van der Waals surface area contributed by atoms with E-state index in [9.17, 15) is 21.6 Å². The van der Waals surface area contributed by atoms with E-state index in [0.717, 1.165) is 0 Å². The maximum absolute atomic E-state index is 13.0. The number of halogens is 4. The van der Waals surface area contributed by atoms with E-state index in [0.29, 0.717) is 6.20 Å². The van der Waals surface area contributed by atoms with Crippen molar-refractivity contribution in [2.45, 2.75) is 11.1 Å². The van der Waals surface area contributed by atoms with Crippen LogP contribution in [0.1, 0.15) is 5.56 Å². The van der Waals surface area contributed by atoms with Crippen molar-refractivity contribution in [2.24, 2.45) is 0 Å². The standard InChI is InChI=1S/C12H10ClF3N4O2S/c1-17-23(21,22)9-5-3-2-4-8(9)19-10-7(12(14,15)16)6-18-11(13)20-10/h2-6,17H,1H3,(H,18,19,20). The maximum atomic E-state index is 13.0. The molecule has 0 spiro atoms. The van der Waals surface area contributed by atoms with E-state index in [1.54, 1.807) is 0 Å². The number of alkyl halides is 3. The zero-order valence-electron chi connectivity index (χ0n) is 11.5. The molecule has 0 saturated heterocycles. The van der Waals surface area contributed by atoms with Crippen LogP contribution in [-0.2, 0) is 16.2 Å². The number of aromatic nitrogens is 2. The number of sulfonamides is 1. The highest BCUT2D eigenvalue weighted by Crippen LogP contribution is 2.35. The molecule has 1 aromatic heterocycles. The molecule has 124 valence electrons. The molecule has 0 aliphatic heterocycles. The minimum atomic E-state index is -4.73. The van der Waals surface area contributed by atoms with Crippen molar-refractivity contribution >= 4 is 33.1 Å². The largest absolute Gasteiger partial charge is 0.421 e. The molecule has 2 N–H and O–H groups in total. The van der Waals surface area contributed by atoms with Crippen LogP contribution < -0.4 is 10.0 Å². The first kappa shape index (κ1) is 17.4. The fourth-order valence-corrected chi connectivity index (χ4v) is 2.72. The molecule has 0 atom stereocenters. The molecule has 0 aliphatic carbocycles. The Balaban J connectivity index is 2.56. The molecule has 2 aromatic rings. The number of rotatable bonds is 4. The zero-order chi connectivity index (χ0) is 17.3. The molecule has 2 rings (SSSR count). The minimum absolute atomic E-state index is 0.0814. The van der Waals surface area contributed by atoms with Crippen LogP contribution in [0.5, 0.6) is 0 Å². The number of nitrogens with zero attached hydrogens (tertiary/aromatic N) is 2. The predicted molar refractivity (Wildman–Crippen MR) is 78.0 cm³/mol. The van der Waals surface area contributed by atoms with Crippen molar-refractivity contribution in [3.63, 3.8) is 0 Å². The van der Waals surface area contributed by atoms with E-state index in [1.807, 2.05) is 0 Å². The first-order chi connectivity index (χ1) is 10.6. The summed E-state index contributed by atoms with van der Waals surface area (Å²) < 4.78 is 64.9. The van der Waals surface area contributed by atoms with E-state index < -0.39 is 32.9 Å². The van der Waals surface area contributed by atoms with E-state index in [4.69, 9.17) is 11.6 Å². The molecular formula is C12H10ClF3N4O2S.